The van der Waals surface area contributed by atoms with Gasteiger partial charge in [-0.15, -0.1) is 0 Å². The van der Waals surface area contributed by atoms with Gasteiger partial charge in [-0.3, -0.25) is 9.59 Å². The fraction of sp³-hybridized carbons (Fsp3) is 0.727. The number of azo groups is 2. The number of aliphatic carboxylic acids is 4. The van der Waals surface area contributed by atoms with Gasteiger partial charge in [0.2, 0.25) is 0 Å². The van der Waals surface area contributed by atoms with Gasteiger partial charge in [-0.05, 0) is 61.8 Å². The standard InChI is InChI=1S/C14H20N4O4.C8H14N2O4/c1-12(2,11(21)22)7-14(4,9-16)18-17-13(3,8-15)6-5-10(19)20;1-7(2,5(11)12)9-10-8(3,4)6(13)14/h5-7H2,1-4H3,(H,19,20)(H,21,22);1-4H3,(H,11,12)(H,13,14). The van der Waals surface area contributed by atoms with E-state index in [4.69, 9.17) is 25.7 Å². The lowest BCUT2D eigenvalue weighted by atomic mass is 9.80. The Balaban J connectivity index is 0. The predicted molar refractivity (Wildman–Crippen MR) is 124 cm³/mol. The van der Waals surface area contributed by atoms with E-state index in [1.807, 2.05) is 12.1 Å². The molecule has 14 nitrogen and oxygen atoms in total. The zero-order valence-corrected chi connectivity index (χ0v) is 21.7. The maximum Gasteiger partial charge on any atom is 0.332 e. The van der Waals surface area contributed by atoms with E-state index in [1.165, 1.54) is 55.4 Å². The van der Waals surface area contributed by atoms with Gasteiger partial charge >= 0.3 is 23.9 Å². The van der Waals surface area contributed by atoms with Crippen LogP contribution in [0.5, 0.6) is 0 Å². The van der Waals surface area contributed by atoms with Crippen molar-refractivity contribution in [3.63, 3.8) is 0 Å². The molecule has 0 aromatic rings. The molecule has 0 saturated heterocycles. The second-order valence-electron chi connectivity index (χ2n) is 10.2. The molecule has 0 saturated carbocycles. The maximum absolute atomic E-state index is 11.2. The van der Waals surface area contributed by atoms with Gasteiger partial charge in [0.25, 0.3) is 0 Å². The van der Waals surface area contributed by atoms with E-state index in [2.05, 4.69) is 20.5 Å². The van der Waals surface area contributed by atoms with Crippen LogP contribution < -0.4 is 0 Å². The highest BCUT2D eigenvalue weighted by Crippen LogP contribution is 2.32. The van der Waals surface area contributed by atoms with Crippen LogP contribution in [0, 0.1) is 28.1 Å². The molecule has 0 aliphatic carbocycles. The van der Waals surface area contributed by atoms with Gasteiger partial charge < -0.3 is 20.4 Å². The first kappa shape index (κ1) is 34.2. The van der Waals surface area contributed by atoms with Crippen molar-refractivity contribution in [2.45, 2.75) is 96.8 Å². The van der Waals surface area contributed by atoms with Gasteiger partial charge in [0, 0.05) is 12.8 Å². The monoisotopic (exact) mass is 510 g/mol. The van der Waals surface area contributed by atoms with Gasteiger partial charge in [-0.25, -0.2) is 9.59 Å². The molecule has 2 atom stereocenters. The fourth-order valence-corrected chi connectivity index (χ4v) is 2.07. The molecular weight excluding hydrogens is 476 g/mol. The Hall–Kier alpha value is -3.94. The van der Waals surface area contributed by atoms with Gasteiger partial charge in [-0.2, -0.15) is 31.0 Å². The van der Waals surface area contributed by atoms with Crippen LogP contribution >= 0.6 is 0 Å². The van der Waals surface area contributed by atoms with E-state index >= 15 is 0 Å². The molecule has 0 amide bonds. The Labute approximate surface area is 209 Å². The lowest BCUT2D eigenvalue weighted by Crippen LogP contribution is -2.34. The van der Waals surface area contributed by atoms with Gasteiger partial charge in [0.1, 0.15) is 0 Å². The minimum Gasteiger partial charge on any atom is -0.481 e. The zero-order chi connectivity index (χ0) is 29.2. The first-order chi connectivity index (χ1) is 16.0. The molecule has 0 radical (unpaired) electrons. The van der Waals surface area contributed by atoms with E-state index in [1.54, 1.807) is 0 Å². The molecule has 0 aromatic heterocycles. The minimum atomic E-state index is -1.41. The number of carbonyl (C=O) groups is 4. The molecule has 0 bridgehead atoms. The molecule has 0 aromatic carbocycles. The first-order valence-electron chi connectivity index (χ1n) is 10.6. The van der Waals surface area contributed by atoms with Crippen molar-refractivity contribution in [2.75, 3.05) is 0 Å². The number of carboxylic acid groups (broad SMARTS) is 4. The summed E-state index contributed by atoms with van der Waals surface area (Å²) in [6.07, 6.45) is -0.394. The normalized spacial score (nSPS) is 15.5. The van der Waals surface area contributed by atoms with Crippen molar-refractivity contribution < 1.29 is 39.6 Å². The van der Waals surface area contributed by atoms with Gasteiger partial charge in [0.05, 0.1) is 17.6 Å². The van der Waals surface area contributed by atoms with Crippen molar-refractivity contribution in [2.24, 2.45) is 25.9 Å². The van der Waals surface area contributed by atoms with Crippen molar-refractivity contribution in [1.82, 2.24) is 0 Å². The van der Waals surface area contributed by atoms with Crippen LogP contribution in [-0.4, -0.2) is 66.5 Å². The van der Waals surface area contributed by atoms with Crippen molar-refractivity contribution >= 4 is 23.9 Å². The highest BCUT2D eigenvalue weighted by atomic mass is 16.4. The highest BCUT2D eigenvalue weighted by Gasteiger charge is 2.39. The average Bonchev–Trinajstić information content (AvgIpc) is 2.75. The first-order valence-corrected chi connectivity index (χ1v) is 10.6. The Morgan fingerprint density at radius 1 is 0.639 bits per heavy atom. The summed E-state index contributed by atoms with van der Waals surface area (Å²) in [6.45, 7) is 11.2. The molecule has 2 unspecified atom stereocenters. The van der Waals surface area contributed by atoms with E-state index in [0.717, 1.165) is 0 Å². The molecule has 200 valence electrons. The molecule has 14 heteroatoms. The zero-order valence-electron chi connectivity index (χ0n) is 21.7. The lowest BCUT2D eigenvalue weighted by Gasteiger charge is -2.26. The summed E-state index contributed by atoms with van der Waals surface area (Å²) >= 11 is 0. The molecular formula is C22H34N6O8. The maximum atomic E-state index is 11.2. The Morgan fingerprint density at radius 3 is 1.28 bits per heavy atom. The number of hydrogen-bond acceptors (Lipinski definition) is 10. The summed E-state index contributed by atoms with van der Waals surface area (Å²) in [5.74, 6) is -4.44. The average molecular weight is 511 g/mol. The molecule has 0 spiro atoms. The number of nitriles is 2. The third-order valence-corrected chi connectivity index (χ3v) is 4.76. The number of rotatable bonds is 12. The lowest BCUT2D eigenvalue weighted by molar-refractivity contribution is -0.148. The van der Waals surface area contributed by atoms with E-state index in [9.17, 15) is 24.4 Å². The van der Waals surface area contributed by atoms with Crippen molar-refractivity contribution in [3.05, 3.63) is 0 Å². The van der Waals surface area contributed by atoms with Gasteiger partial charge in [-0.1, -0.05) is 0 Å². The molecule has 0 rings (SSSR count). The minimum absolute atomic E-state index is 0.0494. The third kappa shape index (κ3) is 12.0. The van der Waals surface area contributed by atoms with Gasteiger partial charge in [0.15, 0.2) is 22.2 Å². The van der Waals surface area contributed by atoms with Crippen LogP contribution in [0.4, 0.5) is 0 Å². The molecule has 0 aliphatic heterocycles. The van der Waals surface area contributed by atoms with E-state index < -0.39 is 51.4 Å². The van der Waals surface area contributed by atoms with Crippen LogP contribution in [0.2, 0.25) is 0 Å². The SMILES string of the molecule is CC(C#N)(CCC(=O)O)N=NC(C)(C#N)CC(C)(C)C(=O)O.CC(C)(N=NC(C)(C)C(=O)O)C(=O)O. The topological polar surface area (TPSA) is 246 Å². The molecule has 0 fully saturated rings. The van der Waals surface area contributed by atoms with E-state index in [0.29, 0.717) is 0 Å². The second kappa shape index (κ2) is 12.7. The molecule has 0 aliphatic rings. The summed E-state index contributed by atoms with van der Waals surface area (Å²) in [6, 6.07) is 3.77. The van der Waals surface area contributed by atoms with Crippen LogP contribution in [0.3, 0.4) is 0 Å². The summed E-state index contributed by atoms with van der Waals surface area (Å²) in [5, 5.41) is 68.1. The second-order valence-corrected chi connectivity index (χ2v) is 10.2. The number of carboxylic acids is 4. The molecule has 4 N–H and O–H groups in total. The van der Waals surface area contributed by atoms with E-state index in [-0.39, 0.29) is 19.3 Å². The Bertz CT molecular complexity index is 961. The Kier molecular flexibility index (Phi) is 12.0. The van der Waals surface area contributed by atoms with Crippen molar-refractivity contribution in [3.8, 4) is 12.1 Å². The summed E-state index contributed by atoms with van der Waals surface area (Å²) in [4.78, 5) is 42.9. The van der Waals surface area contributed by atoms with Crippen LogP contribution in [0.25, 0.3) is 0 Å². The van der Waals surface area contributed by atoms with Crippen LogP contribution in [-0.2, 0) is 19.2 Å². The molecule has 0 heterocycles. The van der Waals surface area contributed by atoms with Crippen LogP contribution in [0.1, 0.15) is 74.7 Å². The number of nitrogens with zero attached hydrogens (tertiary/aromatic N) is 6. The summed E-state index contributed by atoms with van der Waals surface area (Å²) in [5.41, 5.74) is -6.76. The third-order valence-electron chi connectivity index (χ3n) is 4.76. The Morgan fingerprint density at radius 2 is 1.00 bits per heavy atom. The van der Waals surface area contributed by atoms with Crippen molar-refractivity contribution in [1.29, 1.82) is 10.5 Å². The largest absolute Gasteiger partial charge is 0.481 e. The summed E-state index contributed by atoms with van der Waals surface area (Å²) in [7, 11) is 0. The quantitative estimate of drug-likeness (QED) is 0.278. The fourth-order valence-electron chi connectivity index (χ4n) is 2.07. The predicted octanol–water partition coefficient (Wildman–Crippen LogP) is 3.53. The smallest absolute Gasteiger partial charge is 0.332 e. The summed E-state index contributed by atoms with van der Waals surface area (Å²) < 4.78 is 0. The highest BCUT2D eigenvalue weighted by molar-refractivity contribution is 5.79. The van der Waals surface area contributed by atoms with Crippen LogP contribution in [0.15, 0.2) is 20.5 Å². The number of hydrogen-bond donors (Lipinski definition) is 4. The molecule has 36 heavy (non-hydrogen) atoms.